The maximum Gasteiger partial charge on any atom is 0.229 e. The lowest BCUT2D eigenvalue weighted by Crippen LogP contribution is -3.16. The summed E-state index contributed by atoms with van der Waals surface area (Å²) in [6.07, 6.45) is 5.54. The van der Waals surface area contributed by atoms with E-state index in [0.717, 1.165) is 0 Å². The Morgan fingerprint density at radius 3 is 3.16 bits per heavy atom. The molecule has 7 rings (SSSR count). The Kier molecular flexibility index (Phi) is 2.27. The van der Waals surface area contributed by atoms with Gasteiger partial charge in [0, 0.05) is 24.4 Å². The van der Waals surface area contributed by atoms with Gasteiger partial charge in [-0.2, -0.15) is 0 Å². The van der Waals surface area contributed by atoms with Gasteiger partial charge in [-0.05, 0) is 23.1 Å². The van der Waals surface area contributed by atoms with Gasteiger partial charge in [-0.15, -0.1) is 0 Å². The van der Waals surface area contributed by atoms with E-state index in [9.17, 15) is 4.79 Å². The van der Waals surface area contributed by atoms with Crippen molar-refractivity contribution in [1.82, 2.24) is 0 Å². The third kappa shape index (κ3) is 1.33. The quantitative estimate of drug-likeness (QED) is 0.708. The van der Waals surface area contributed by atoms with Gasteiger partial charge in [0.05, 0.1) is 43.7 Å². The van der Waals surface area contributed by atoms with Crippen molar-refractivity contribution in [3.63, 3.8) is 0 Å². The number of rotatable bonds is 0. The first kappa shape index (κ1) is 13.5. The zero-order chi connectivity index (χ0) is 16.3. The fourth-order valence-electron chi connectivity index (χ4n) is 7.73. The van der Waals surface area contributed by atoms with Gasteiger partial charge >= 0.3 is 0 Å². The number of quaternary nitrogens is 1. The summed E-state index contributed by atoms with van der Waals surface area (Å²) in [6.45, 7) is 3.15. The Balaban J connectivity index is 1.55. The monoisotopic (exact) mass is 335 g/mol. The number of nitrogens with one attached hydrogen (secondary N) is 1. The van der Waals surface area contributed by atoms with Crippen molar-refractivity contribution in [2.45, 2.75) is 42.9 Å². The minimum Gasteiger partial charge on any atom is -0.373 e. The highest BCUT2D eigenvalue weighted by Gasteiger charge is 2.73. The van der Waals surface area contributed by atoms with Gasteiger partial charge in [-0.1, -0.05) is 24.3 Å². The second kappa shape index (κ2) is 4.18. The summed E-state index contributed by atoms with van der Waals surface area (Å²) in [5.74, 6) is 1.39. The van der Waals surface area contributed by atoms with Crippen molar-refractivity contribution >= 4 is 11.6 Å². The molecule has 6 aliphatic rings. The molecule has 1 N–H and O–H groups in total. The molecule has 25 heavy (non-hydrogen) atoms. The summed E-state index contributed by atoms with van der Waals surface area (Å²) in [5, 5.41) is 0. The molecule has 4 nitrogen and oxygen atoms in total. The van der Waals surface area contributed by atoms with Crippen LogP contribution in [0.3, 0.4) is 0 Å². The summed E-state index contributed by atoms with van der Waals surface area (Å²) >= 11 is 0. The van der Waals surface area contributed by atoms with Crippen LogP contribution >= 0.6 is 0 Å². The van der Waals surface area contributed by atoms with Crippen LogP contribution in [-0.2, 0) is 14.9 Å². The van der Waals surface area contributed by atoms with Gasteiger partial charge in [0.2, 0.25) is 5.91 Å². The molecule has 5 heterocycles. The van der Waals surface area contributed by atoms with Crippen LogP contribution in [0, 0.1) is 11.8 Å². The zero-order valence-electron chi connectivity index (χ0n) is 14.3. The molecule has 5 aliphatic heterocycles. The molecule has 128 valence electrons. The standard InChI is InChI=1S/C21H22N2O2/c24-18-10-16-19-13-9-17-21(6-7-22(17)11-12(13)5-8-25-16)14-3-1-2-4-15(14)23(18)20(19)21/h1-5,13,16-17,19-20H,6-11H2/p+1/t13-,16-,17-,19-,20-,21+/m0/s1. The number of fused-ring (bicyclic) bond motifs is 2. The van der Waals surface area contributed by atoms with Crippen LogP contribution in [0.4, 0.5) is 5.69 Å². The SMILES string of the molecule is O=C1C[C@@H]2OCC=C3C[NH+]4CC[C@]56c7ccccc7N1[C@H]5[C@H]2[C@H]3C[C@H]46. The third-order valence-corrected chi connectivity index (χ3v) is 8.40. The molecule has 1 aromatic rings. The first-order chi connectivity index (χ1) is 12.3. The number of hydrogen-bond acceptors (Lipinski definition) is 2. The van der Waals surface area contributed by atoms with Crippen LogP contribution in [0.5, 0.6) is 0 Å². The van der Waals surface area contributed by atoms with E-state index in [1.807, 2.05) is 0 Å². The molecule has 7 atom stereocenters. The molecular formula is C21H23N2O2+. The lowest BCUT2D eigenvalue weighted by atomic mass is 9.53. The number of amides is 1. The molecular weight excluding hydrogens is 312 g/mol. The van der Waals surface area contributed by atoms with Crippen molar-refractivity contribution in [1.29, 1.82) is 0 Å². The fraction of sp³-hybridized carbons (Fsp3) is 0.571. The molecule has 1 saturated carbocycles. The second-order valence-corrected chi connectivity index (χ2v) is 8.93. The van der Waals surface area contributed by atoms with Crippen LogP contribution in [0.15, 0.2) is 35.9 Å². The maximum atomic E-state index is 13.2. The average molecular weight is 335 g/mol. The van der Waals surface area contributed by atoms with Gasteiger partial charge in [-0.25, -0.2) is 0 Å². The molecule has 1 unspecified atom stereocenters. The second-order valence-electron chi connectivity index (χ2n) is 8.93. The number of nitrogens with zero attached hydrogens (tertiary/aromatic N) is 1. The largest absolute Gasteiger partial charge is 0.373 e. The Morgan fingerprint density at radius 2 is 2.20 bits per heavy atom. The number of carbonyl (C=O) groups excluding carboxylic acids is 1. The van der Waals surface area contributed by atoms with Crippen molar-refractivity contribution in [2.75, 3.05) is 24.6 Å². The van der Waals surface area contributed by atoms with E-state index in [1.54, 1.807) is 10.5 Å². The number of piperidine rings is 2. The molecule has 1 aromatic carbocycles. The number of hydrogen-bond donors (Lipinski definition) is 1. The van der Waals surface area contributed by atoms with Gasteiger partial charge in [0.25, 0.3) is 0 Å². The van der Waals surface area contributed by atoms with Crippen molar-refractivity contribution in [2.24, 2.45) is 11.8 Å². The van der Waals surface area contributed by atoms with Gasteiger partial charge in [0.1, 0.15) is 6.04 Å². The van der Waals surface area contributed by atoms with Gasteiger partial charge < -0.3 is 14.5 Å². The molecule has 3 saturated heterocycles. The highest BCUT2D eigenvalue weighted by molar-refractivity contribution is 5.99. The van der Waals surface area contributed by atoms with Crippen LogP contribution in [-0.4, -0.2) is 43.8 Å². The first-order valence-electron chi connectivity index (χ1n) is 9.86. The van der Waals surface area contributed by atoms with Crippen LogP contribution in [0.2, 0.25) is 0 Å². The molecule has 2 bridgehead atoms. The van der Waals surface area contributed by atoms with Crippen LogP contribution < -0.4 is 9.80 Å². The molecule has 0 aromatic heterocycles. The average Bonchev–Trinajstić information content (AvgIpc) is 3.10. The summed E-state index contributed by atoms with van der Waals surface area (Å²) in [7, 11) is 0. The molecule has 1 aliphatic carbocycles. The highest BCUT2D eigenvalue weighted by atomic mass is 16.5. The highest BCUT2D eigenvalue weighted by Crippen LogP contribution is 2.62. The predicted octanol–water partition coefficient (Wildman–Crippen LogP) is 0.675. The Hall–Kier alpha value is -1.65. The van der Waals surface area contributed by atoms with E-state index in [2.05, 4.69) is 35.2 Å². The topological polar surface area (TPSA) is 34.0 Å². The first-order valence-corrected chi connectivity index (χ1v) is 9.86. The van der Waals surface area contributed by atoms with E-state index in [4.69, 9.17) is 4.74 Å². The smallest absolute Gasteiger partial charge is 0.229 e. The molecule has 1 amide bonds. The molecule has 4 heteroatoms. The van der Waals surface area contributed by atoms with Crippen LogP contribution in [0.25, 0.3) is 0 Å². The van der Waals surface area contributed by atoms with Crippen molar-refractivity contribution in [3.8, 4) is 0 Å². The number of anilines is 1. The van der Waals surface area contributed by atoms with Crippen LogP contribution in [0.1, 0.15) is 24.8 Å². The lowest BCUT2D eigenvalue weighted by Gasteiger charge is -2.56. The summed E-state index contributed by atoms with van der Waals surface area (Å²) < 4.78 is 6.26. The number of para-hydroxylation sites is 1. The van der Waals surface area contributed by atoms with Crippen molar-refractivity contribution < 1.29 is 14.4 Å². The third-order valence-electron chi connectivity index (χ3n) is 8.40. The number of carbonyl (C=O) groups is 1. The molecule has 4 fully saturated rings. The number of benzene rings is 1. The van der Waals surface area contributed by atoms with Gasteiger partial charge in [0.15, 0.2) is 0 Å². The minimum absolute atomic E-state index is 0.113. The van der Waals surface area contributed by atoms with Gasteiger partial charge in [-0.3, -0.25) is 4.79 Å². The van der Waals surface area contributed by atoms with Crippen molar-refractivity contribution in [3.05, 3.63) is 41.5 Å². The fourth-order valence-corrected chi connectivity index (χ4v) is 7.73. The van der Waals surface area contributed by atoms with E-state index >= 15 is 0 Å². The Labute approximate surface area is 147 Å². The van der Waals surface area contributed by atoms with E-state index in [0.29, 0.717) is 36.9 Å². The summed E-state index contributed by atoms with van der Waals surface area (Å²) in [4.78, 5) is 17.2. The molecule has 1 spiro atoms. The Bertz CT molecular complexity index is 848. The summed E-state index contributed by atoms with van der Waals surface area (Å²) in [6, 6.07) is 9.78. The van der Waals surface area contributed by atoms with E-state index in [-0.39, 0.29) is 17.4 Å². The normalized spacial score (nSPS) is 48.1. The zero-order valence-corrected chi connectivity index (χ0v) is 14.3. The predicted molar refractivity (Wildman–Crippen MR) is 92.5 cm³/mol. The molecule has 0 radical (unpaired) electrons. The number of ether oxygens (including phenoxy) is 1. The Morgan fingerprint density at radius 1 is 1.28 bits per heavy atom. The van der Waals surface area contributed by atoms with E-state index < -0.39 is 0 Å². The van der Waals surface area contributed by atoms with E-state index in [1.165, 1.54) is 37.2 Å². The summed E-state index contributed by atoms with van der Waals surface area (Å²) in [5.41, 5.74) is 4.46. The minimum atomic E-state index is 0.113. The maximum absolute atomic E-state index is 13.2. The lowest BCUT2D eigenvalue weighted by molar-refractivity contribution is -0.916.